The highest BCUT2D eigenvalue weighted by atomic mass is 35.5. The molecular weight excluding hydrogens is 372 g/mol. The number of carbonyl (C=O) groups excluding carboxylic acids is 1. The Kier molecular flexibility index (Phi) is 5.87. The summed E-state index contributed by atoms with van der Waals surface area (Å²) in [5.74, 6) is -0.458. The van der Waals surface area contributed by atoms with Gasteiger partial charge in [-0.15, -0.1) is 0 Å². The summed E-state index contributed by atoms with van der Waals surface area (Å²) in [5, 5.41) is 11.7. The first-order chi connectivity index (χ1) is 13.5. The minimum Gasteiger partial charge on any atom is -0.382 e. The minimum absolute atomic E-state index is 0.0232. The Morgan fingerprint density at radius 1 is 1.32 bits per heavy atom. The van der Waals surface area contributed by atoms with Gasteiger partial charge >= 0.3 is 0 Å². The summed E-state index contributed by atoms with van der Waals surface area (Å²) in [7, 11) is 0. The monoisotopic (exact) mass is 390 g/mol. The number of primary amides is 1. The first-order valence-electron chi connectivity index (χ1n) is 8.58. The largest absolute Gasteiger partial charge is 0.382 e. The number of halogens is 1. The van der Waals surface area contributed by atoms with Crippen molar-refractivity contribution in [2.75, 3.05) is 6.54 Å². The molecule has 1 aromatic heterocycles. The van der Waals surface area contributed by atoms with Crippen LogP contribution in [0.1, 0.15) is 11.1 Å². The summed E-state index contributed by atoms with van der Waals surface area (Å²) < 4.78 is 0. The lowest BCUT2D eigenvalue weighted by Gasteiger charge is -2.15. The van der Waals surface area contributed by atoms with Crippen molar-refractivity contribution in [2.24, 2.45) is 5.73 Å². The van der Waals surface area contributed by atoms with E-state index in [1.165, 1.54) is 0 Å². The first kappa shape index (κ1) is 19.3. The van der Waals surface area contributed by atoms with E-state index in [4.69, 9.17) is 22.7 Å². The lowest BCUT2D eigenvalue weighted by molar-refractivity contribution is -0.117. The summed E-state index contributed by atoms with van der Waals surface area (Å²) in [4.78, 5) is 15.3. The van der Waals surface area contributed by atoms with Crippen molar-refractivity contribution in [3.63, 3.8) is 0 Å². The SMILES string of the molecule is C=Cc1ccc(-c2ncccc2C2=CC(=N)/C(=C\NCC(N)=O)C=C2)cc1Cl. The van der Waals surface area contributed by atoms with Crippen LogP contribution in [0.3, 0.4) is 0 Å². The maximum absolute atomic E-state index is 10.8. The summed E-state index contributed by atoms with van der Waals surface area (Å²) >= 11 is 6.32. The van der Waals surface area contributed by atoms with Crippen molar-refractivity contribution in [2.45, 2.75) is 0 Å². The van der Waals surface area contributed by atoms with Crippen molar-refractivity contribution >= 4 is 34.9 Å². The summed E-state index contributed by atoms with van der Waals surface area (Å²) in [5.41, 5.74) is 10.4. The Bertz CT molecular complexity index is 1050. The van der Waals surface area contributed by atoms with Crippen molar-refractivity contribution in [3.05, 3.63) is 89.3 Å². The fourth-order valence-electron chi connectivity index (χ4n) is 2.82. The molecule has 2 aromatic rings. The molecule has 0 unspecified atom stereocenters. The quantitative estimate of drug-likeness (QED) is 0.696. The van der Waals surface area contributed by atoms with Gasteiger partial charge in [0, 0.05) is 34.1 Å². The molecule has 28 heavy (non-hydrogen) atoms. The zero-order valence-electron chi connectivity index (χ0n) is 15.1. The molecule has 1 amide bonds. The molecule has 0 saturated heterocycles. The molecule has 140 valence electrons. The zero-order chi connectivity index (χ0) is 20.1. The van der Waals surface area contributed by atoms with Gasteiger partial charge in [-0.25, -0.2) is 0 Å². The number of nitrogens with one attached hydrogen (secondary N) is 2. The third-order valence-corrected chi connectivity index (χ3v) is 4.53. The number of nitrogens with two attached hydrogens (primary N) is 1. The van der Waals surface area contributed by atoms with E-state index in [-0.39, 0.29) is 6.54 Å². The highest BCUT2D eigenvalue weighted by molar-refractivity contribution is 6.32. The van der Waals surface area contributed by atoms with Gasteiger partial charge in [0.2, 0.25) is 5.91 Å². The molecule has 4 N–H and O–H groups in total. The van der Waals surface area contributed by atoms with Crippen LogP contribution >= 0.6 is 11.6 Å². The number of hydrogen-bond donors (Lipinski definition) is 3. The van der Waals surface area contributed by atoms with Gasteiger partial charge in [0.15, 0.2) is 0 Å². The lowest BCUT2D eigenvalue weighted by atomic mass is 9.93. The number of hydrogen-bond acceptors (Lipinski definition) is 4. The highest BCUT2D eigenvalue weighted by Gasteiger charge is 2.14. The van der Waals surface area contributed by atoms with Crippen molar-refractivity contribution < 1.29 is 4.79 Å². The standard InChI is InChI=1S/C22H19ClN4O/c1-2-14-5-7-16(10-19(14)23)22-18(4-3-9-27-22)15-6-8-17(20(24)11-15)12-26-13-21(25)28/h2-12,24,26H,1,13H2,(H2,25,28)/b17-12-,24-20?. The van der Waals surface area contributed by atoms with Gasteiger partial charge in [0.1, 0.15) is 0 Å². The van der Waals surface area contributed by atoms with E-state index in [0.29, 0.717) is 16.3 Å². The summed E-state index contributed by atoms with van der Waals surface area (Å²) in [6, 6.07) is 9.54. The molecule has 0 aliphatic heterocycles. The van der Waals surface area contributed by atoms with Crippen LogP contribution in [0.4, 0.5) is 0 Å². The van der Waals surface area contributed by atoms with Crippen LogP contribution in [-0.2, 0) is 4.79 Å². The van der Waals surface area contributed by atoms with Crippen molar-refractivity contribution in [1.29, 1.82) is 5.41 Å². The van der Waals surface area contributed by atoms with E-state index >= 15 is 0 Å². The Morgan fingerprint density at radius 2 is 2.14 bits per heavy atom. The Labute approximate surface area is 168 Å². The molecule has 3 rings (SSSR count). The number of pyridine rings is 1. The van der Waals surface area contributed by atoms with Gasteiger partial charge in [-0.3, -0.25) is 9.78 Å². The number of allylic oxidation sites excluding steroid dienone is 5. The molecule has 0 bridgehead atoms. The predicted octanol–water partition coefficient (Wildman–Crippen LogP) is 3.98. The summed E-state index contributed by atoms with van der Waals surface area (Å²) in [6.45, 7) is 3.78. The van der Waals surface area contributed by atoms with Gasteiger partial charge in [-0.1, -0.05) is 54.6 Å². The third-order valence-electron chi connectivity index (χ3n) is 4.20. The molecule has 1 heterocycles. The van der Waals surface area contributed by atoms with Crippen LogP contribution < -0.4 is 11.1 Å². The van der Waals surface area contributed by atoms with Crippen molar-refractivity contribution in [3.8, 4) is 11.3 Å². The normalized spacial score (nSPS) is 14.7. The van der Waals surface area contributed by atoms with Gasteiger partial charge < -0.3 is 16.5 Å². The second-order valence-electron chi connectivity index (χ2n) is 6.13. The highest BCUT2D eigenvalue weighted by Crippen LogP contribution is 2.32. The van der Waals surface area contributed by atoms with Gasteiger partial charge in [0.25, 0.3) is 0 Å². The van der Waals surface area contributed by atoms with Crippen LogP contribution in [0.25, 0.3) is 22.9 Å². The van der Waals surface area contributed by atoms with E-state index in [2.05, 4.69) is 16.9 Å². The summed E-state index contributed by atoms with van der Waals surface area (Å²) in [6.07, 6.45) is 10.5. The average Bonchev–Trinajstić information content (AvgIpc) is 2.69. The van der Waals surface area contributed by atoms with E-state index < -0.39 is 5.91 Å². The molecular formula is C22H19ClN4O. The van der Waals surface area contributed by atoms with Crippen LogP contribution in [0.15, 0.2) is 73.1 Å². The molecule has 1 aliphatic rings. The molecule has 5 nitrogen and oxygen atoms in total. The van der Waals surface area contributed by atoms with E-state index in [0.717, 1.165) is 28.0 Å². The van der Waals surface area contributed by atoms with Crippen LogP contribution in [0.5, 0.6) is 0 Å². The molecule has 1 aliphatic carbocycles. The zero-order valence-corrected chi connectivity index (χ0v) is 15.8. The van der Waals surface area contributed by atoms with E-state index in [9.17, 15) is 4.79 Å². The molecule has 0 spiro atoms. The number of aromatic nitrogens is 1. The maximum Gasteiger partial charge on any atom is 0.236 e. The molecule has 0 fully saturated rings. The minimum atomic E-state index is -0.458. The molecule has 0 atom stereocenters. The second-order valence-corrected chi connectivity index (χ2v) is 6.54. The molecule has 6 heteroatoms. The van der Waals surface area contributed by atoms with Crippen LogP contribution in [0, 0.1) is 5.41 Å². The number of rotatable bonds is 6. The second kappa shape index (κ2) is 8.50. The van der Waals surface area contributed by atoms with Gasteiger partial charge in [-0.2, -0.15) is 0 Å². The van der Waals surface area contributed by atoms with Crippen molar-refractivity contribution in [1.82, 2.24) is 10.3 Å². The van der Waals surface area contributed by atoms with Gasteiger partial charge in [0.05, 0.1) is 18.0 Å². The average molecular weight is 391 g/mol. The first-order valence-corrected chi connectivity index (χ1v) is 8.95. The third kappa shape index (κ3) is 4.27. The fourth-order valence-corrected chi connectivity index (χ4v) is 3.08. The molecule has 0 radical (unpaired) electrons. The van der Waals surface area contributed by atoms with E-state index in [1.54, 1.807) is 24.5 Å². The number of benzene rings is 1. The maximum atomic E-state index is 10.8. The topological polar surface area (TPSA) is 91.9 Å². The van der Waals surface area contributed by atoms with E-state index in [1.807, 2.05) is 42.5 Å². The fraction of sp³-hybridized carbons (Fsp3) is 0.0455. The smallest absolute Gasteiger partial charge is 0.236 e. The molecule has 1 aromatic carbocycles. The number of carbonyl (C=O) groups is 1. The lowest BCUT2D eigenvalue weighted by Crippen LogP contribution is -2.25. The Balaban J connectivity index is 1.93. The van der Waals surface area contributed by atoms with Crippen LogP contribution in [0.2, 0.25) is 5.02 Å². The number of amides is 1. The molecule has 0 saturated carbocycles. The Morgan fingerprint density at radius 3 is 2.82 bits per heavy atom. The number of nitrogens with zero attached hydrogens (tertiary/aromatic N) is 1. The van der Waals surface area contributed by atoms with Crippen LogP contribution in [-0.4, -0.2) is 23.1 Å². The Hall–Kier alpha value is -3.44. The predicted molar refractivity (Wildman–Crippen MR) is 115 cm³/mol. The van der Waals surface area contributed by atoms with Gasteiger partial charge in [-0.05, 0) is 29.3 Å².